The Kier molecular flexibility index (Phi) is 6.02. The number of anilines is 1. The Morgan fingerprint density at radius 3 is 2.32 bits per heavy atom. The van der Waals surface area contributed by atoms with Crippen LogP contribution in [-0.4, -0.2) is 42.4 Å². The molecule has 2 amide bonds. The van der Waals surface area contributed by atoms with Gasteiger partial charge in [0.15, 0.2) is 0 Å². The minimum Gasteiger partial charge on any atom is -0.353 e. The Balaban J connectivity index is 1.38. The van der Waals surface area contributed by atoms with E-state index in [0.29, 0.717) is 18.3 Å². The van der Waals surface area contributed by atoms with Crippen molar-refractivity contribution in [2.75, 3.05) is 25.0 Å². The Labute approximate surface area is 148 Å². The molecule has 1 saturated heterocycles. The van der Waals surface area contributed by atoms with Crippen LogP contribution in [-0.2, 0) is 9.59 Å². The third kappa shape index (κ3) is 5.26. The van der Waals surface area contributed by atoms with E-state index in [0.717, 1.165) is 38.8 Å². The first kappa shape index (κ1) is 17.9. The molecule has 1 aromatic rings. The fraction of sp³-hybridized carbons (Fsp3) is 0.579. The summed E-state index contributed by atoms with van der Waals surface area (Å²) in [6.45, 7) is 1.80. The van der Waals surface area contributed by atoms with Gasteiger partial charge in [0.1, 0.15) is 5.82 Å². The summed E-state index contributed by atoms with van der Waals surface area (Å²) in [7, 11) is 0. The summed E-state index contributed by atoms with van der Waals surface area (Å²) >= 11 is 0. The summed E-state index contributed by atoms with van der Waals surface area (Å²) in [5.41, 5.74) is 0.595. The molecular formula is C19H26FN3O2. The summed E-state index contributed by atoms with van der Waals surface area (Å²) in [4.78, 5) is 26.5. The highest BCUT2D eigenvalue weighted by Gasteiger charge is 2.28. The summed E-state index contributed by atoms with van der Waals surface area (Å²) in [6, 6.07) is 6.11. The second-order valence-electron chi connectivity index (χ2n) is 7.10. The van der Waals surface area contributed by atoms with Crippen LogP contribution in [0.25, 0.3) is 0 Å². The number of hydrogen-bond acceptors (Lipinski definition) is 3. The van der Waals surface area contributed by atoms with E-state index in [1.54, 1.807) is 12.1 Å². The maximum absolute atomic E-state index is 12.9. The number of carbonyl (C=O) groups is 2. The quantitative estimate of drug-likeness (QED) is 0.860. The zero-order valence-electron chi connectivity index (χ0n) is 14.5. The highest BCUT2D eigenvalue weighted by atomic mass is 19.1. The van der Waals surface area contributed by atoms with Gasteiger partial charge in [-0.15, -0.1) is 0 Å². The lowest BCUT2D eigenvalue weighted by Gasteiger charge is -2.31. The lowest BCUT2D eigenvalue weighted by atomic mass is 9.95. The number of benzene rings is 1. The zero-order chi connectivity index (χ0) is 17.6. The zero-order valence-corrected chi connectivity index (χ0v) is 14.5. The molecule has 136 valence electrons. The van der Waals surface area contributed by atoms with Gasteiger partial charge in [-0.3, -0.25) is 14.5 Å². The first-order chi connectivity index (χ1) is 12.1. The summed E-state index contributed by atoms with van der Waals surface area (Å²) in [5.74, 6) is -0.184. The number of amides is 2. The van der Waals surface area contributed by atoms with Crippen molar-refractivity contribution in [3.05, 3.63) is 30.1 Å². The van der Waals surface area contributed by atoms with Crippen LogP contribution < -0.4 is 10.6 Å². The maximum atomic E-state index is 12.9. The fourth-order valence-corrected chi connectivity index (χ4v) is 3.68. The van der Waals surface area contributed by atoms with Crippen LogP contribution in [0.4, 0.5) is 10.1 Å². The molecule has 1 aliphatic carbocycles. The first-order valence-electron chi connectivity index (χ1n) is 9.18. The molecule has 1 saturated carbocycles. The van der Waals surface area contributed by atoms with E-state index in [1.165, 1.54) is 25.0 Å². The number of likely N-dealkylation sites (tertiary alicyclic amines) is 1. The normalized spacial score (nSPS) is 19.7. The van der Waals surface area contributed by atoms with Gasteiger partial charge in [0.05, 0.1) is 6.54 Å². The SMILES string of the molecule is O=C(CN1CCC(C(=O)NC2CCCC2)CC1)Nc1ccc(F)cc1. The number of piperidine rings is 1. The number of hydrogen-bond donors (Lipinski definition) is 2. The van der Waals surface area contributed by atoms with Gasteiger partial charge in [0.2, 0.25) is 11.8 Å². The van der Waals surface area contributed by atoms with Gasteiger partial charge >= 0.3 is 0 Å². The largest absolute Gasteiger partial charge is 0.353 e. The Hall–Kier alpha value is -1.95. The molecule has 0 spiro atoms. The topological polar surface area (TPSA) is 61.4 Å². The van der Waals surface area contributed by atoms with Gasteiger partial charge in [0, 0.05) is 17.6 Å². The van der Waals surface area contributed by atoms with Crippen molar-refractivity contribution < 1.29 is 14.0 Å². The van der Waals surface area contributed by atoms with Crippen LogP contribution in [0.15, 0.2) is 24.3 Å². The van der Waals surface area contributed by atoms with Crippen molar-refractivity contribution in [1.82, 2.24) is 10.2 Å². The van der Waals surface area contributed by atoms with Crippen LogP contribution in [0.3, 0.4) is 0 Å². The third-order valence-electron chi connectivity index (χ3n) is 5.16. The number of rotatable bonds is 5. The molecule has 2 fully saturated rings. The molecule has 0 bridgehead atoms. The molecule has 1 aromatic carbocycles. The average molecular weight is 347 g/mol. The van der Waals surface area contributed by atoms with E-state index in [4.69, 9.17) is 0 Å². The molecule has 25 heavy (non-hydrogen) atoms. The van der Waals surface area contributed by atoms with Crippen LogP contribution in [0.2, 0.25) is 0 Å². The number of nitrogens with one attached hydrogen (secondary N) is 2. The molecule has 0 aromatic heterocycles. The fourth-order valence-electron chi connectivity index (χ4n) is 3.68. The van der Waals surface area contributed by atoms with Crippen LogP contribution in [0.1, 0.15) is 38.5 Å². The number of halogens is 1. The van der Waals surface area contributed by atoms with Crippen molar-refractivity contribution in [1.29, 1.82) is 0 Å². The van der Waals surface area contributed by atoms with E-state index >= 15 is 0 Å². The molecule has 1 heterocycles. The lowest BCUT2D eigenvalue weighted by molar-refractivity contribution is -0.127. The molecule has 2 aliphatic rings. The maximum Gasteiger partial charge on any atom is 0.238 e. The van der Waals surface area contributed by atoms with Crippen LogP contribution in [0.5, 0.6) is 0 Å². The predicted octanol–water partition coefficient (Wildman–Crippen LogP) is 2.54. The van der Waals surface area contributed by atoms with Gasteiger partial charge in [0.25, 0.3) is 0 Å². The monoisotopic (exact) mass is 347 g/mol. The second-order valence-corrected chi connectivity index (χ2v) is 7.10. The number of nitrogens with zero attached hydrogens (tertiary/aromatic N) is 1. The molecular weight excluding hydrogens is 321 g/mol. The van der Waals surface area contributed by atoms with Gasteiger partial charge in [-0.25, -0.2) is 4.39 Å². The highest BCUT2D eigenvalue weighted by molar-refractivity contribution is 5.92. The van der Waals surface area contributed by atoms with Gasteiger partial charge in [-0.2, -0.15) is 0 Å². The van der Waals surface area contributed by atoms with Gasteiger partial charge in [-0.05, 0) is 63.0 Å². The van der Waals surface area contributed by atoms with E-state index < -0.39 is 0 Å². The van der Waals surface area contributed by atoms with Crippen molar-refractivity contribution >= 4 is 17.5 Å². The molecule has 0 unspecified atom stereocenters. The standard InChI is InChI=1S/C19H26FN3O2/c20-15-5-7-17(8-6-15)21-18(24)13-23-11-9-14(10-12-23)19(25)22-16-3-1-2-4-16/h5-8,14,16H,1-4,9-13H2,(H,21,24)(H,22,25). The Bertz CT molecular complexity index is 591. The smallest absolute Gasteiger partial charge is 0.238 e. The summed E-state index contributed by atoms with van der Waals surface area (Å²) in [5, 5.41) is 5.95. The van der Waals surface area contributed by atoms with E-state index in [1.807, 2.05) is 0 Å². The molecule has 3 rings (SSSR count). The van der Waals surface area contributed by atoms with Crippen molar-refractivity contribution in [3.63, 3.8) is 0 Å². The summed E-state index contributed by atoms with van der Waals surface area (Å²) < 4.78 is 12.9. The third-order valence-corrected chi connectivity index (χ3v) is 5.16. The van der Waals surface area contributed by atoms with E-state index in [9.17, 15) is 14.0 Å². The van der Waals surface area contributed by atoms with Crippen LogP contribution in [0, 0.1) is 11.7 Å². The minimum absolute atomic E-state index is 0.0667. The molecule has 6 heteroatoms. The van der Waals surface area contributed by atoms with Crippen LogP contribution >= 0.6 is 0 Å². The van der Waals surface area contributed by atoms with Crippen molar-refractivity contribution in [2.24, 2.45) is 5.92 Å². The predicted molar refractivity (Wildman–Crippen MR) is 94.6 cm³/mol. The van der Waals surface area contributed by atoms with E-state index in [-0.39, 0.29) is 23.5 Å². The highest BCUT2D eigenvalue weighted by Crippen LogP contribution is 2.21. The number of carbonyl (C=O) groups excluding carboxylic acids is 2. The second kappa shape index (κ2) is 8.43. The minimum atomic E-state index is -0.323. The molecule has 0 atom stereocenters. The molecule has 0 radical (unpaired) electrons. The van der Waals surface area contributed by atoms with Gasteiger partial charge in [-0.1, -0.05) is 12.8 Å². The lowest BCUT2D eigenvalue weighted by Crippen LogP contribution is -2.44. The molecule has 2 N–H and O–H groups in total. The molecule has 5 nitrogen and oxygen atoms in total. The first-order valence-corrected chi connectivity index (χ1v) is 9.18. The summed E-state index contributed by atoms with van der Waals surface area (Å²) in [6.07, 6.45) is 6.23. The molecule has 1 aliphatic heterocycles. The van der Waals surface area contributed by atoms with Crippen molar-refractivity contribution in [3.8, 4) is 0 Å². The Morgan fingerprint density at radius 1 is 1.04 bits per heavy atom. The average Bonchev–Trinajstić information content (AvgIpc) is 3.10. The van der Waals surface area contributed by atoms with Gasteiger partial charge < -0.3 is 10.6 Å². The Morgan fingerprint density at radius 2 is 1.68 bits per heavy atom. The van der Waals surface area contributed by atoms with Crippen molar-refractivity contribution in [2.45, 2.75) is 44.6 Å². The van der Waals surface area contributed by atoms with E-state index in [2.05, 4.69) is 15.5 Å².